The molecule has 0 aliphatic carbocycles. The molecule has 86 valence electrons. The monoisotopic (exact) mass is 225 g/mol. The van der Waals surface area contributed by atoms with Crippen LogP contribution in [0.25, 0.3) is 21.7 Å². The Hall–Kier alpha value is -1.80. The van der Waals surface area contributed by atoms with E-state index in [9.17, 15) is 0 Å². The van der Waals surface area contributed by atoms with E-state index in [4.69, 9.17) is 4.42 Å². The Morgan fingerprint density at radius 1 is 1.06 bits per heavy atom. The van der Waals surface area contributed by atoms with Crippen LogP contribution in [0.2, 0.25) is 0 Å². The highest BCUT2D eigenvalue weighted by molar-refractivity contribution is 6.05. The summed E-state index contributed by atoms with van der Waals surface area (Å²) in [6.45, 7) is 3.94. The third-order valence-electron chi connectivity index (χ3n) is 3.11. The van der Waals surface area contributed by atoms with Gasteiger partial charge in [-0.25, -0.2) is 0 Å². The third kappa shape index (κ3) is 1.71. The maximum atomic E-state index is 5.72. The van der Waals surface area contributed by atoms with Crippen LogP contribution in [-0.4, -0.2) is 6.54 Å². The molecule has 0 saturated heterocycles. The Bertz CT molecular complexity index is 654. The van der Waals surface area contributed by atoms with Crippen molar-refractivity contribution in [1.82, 2.24) is 5.32 Å². The van der Waals surface area contributed by atoms with Gasteiger partial charge in [0.1, 0.15) is 5.58 Å². The van der Waals surface area contributed by atoms with E-state index in [1.54, 1.807) is 0 Å². The van der Waals surface area contributed by atoms with Crippen molar-refractivity contribution >= 4 is 21.7 Å². The van der Waals surface area contributed by atoms with Crippen LogP contribution < -0.4 is 5.32 Å². The second kappa shape index (κ2) is 4.22. The lowest BCUT2D eigenvalue weighted by Crippen LogP contribution is -2.11. The molecule has 1 N–H and O–H groups in total. The van der Waals surface area contributed by atoms with Gasteiger partial charge in [-0.05, 0) is 11.9 Å². The fourth-order valence-corrected chi connectivity index (χ4v) is 2.21. The van der Waals surface area contributed by atoms with Crippen molar-refractivity contribution in [2.24, 2.45) is 0 Å². The molecule has 0 amide bonds. The van der Waals surface area contributed by atoms with Gasteiger partial charge >= 0.3 is 0 Å². The Balaban J connectivity index is 2.20. The lowest BCUT2D eigenvalue weighted by atomic mass is 10.1. The van der Waals surface area contributed by atoms with E-state index in [1.807, 2.05) is 12.3 Å². The van der Waals surface area contributed by atoms with Crippen molar-refractivity contribution in [3.05, 3.63) is 48.2 Å². The Kier molecular flexibility index (Phi) is 2.57. The van der Waals surface area contributed by atoms with E-state index in [-0.39, 0.29) is 0 Å². The lowest BCUT2D eigenvalue weighted by Gasteiger charge is -2.00. The molecule has 0 saturated carbocycles. The fraction of sp³-hybridized carbons (Fsp3) is 0.200. The Labute approximate surface area is 100 Å². The van der Waals surface area contributed by atoms with Crippen molar-refractivity contribution < 1.29 is 4.42 Å². The van der Waals surface area contributed by atoms with E-state index < -0.39 is 0 Å². The fourth-order valence-electron chi connectivity index (χ4n) is 2.21. The maximum Gasteiger partial charge on any atom is 0.142 e. The number of rotatable bonds is 3. The van der Waals surface area contributed by atoms with Crippen LogP contribution in [0.5, 0.6) is 0 Å². The highest BCUT2D eigenvalue weighted by Gasteiger charge is 2.08. The molecule has 2 nitrogen and oxygen atoms in total. The van der Waals surface area contributed by atoms with Gasteiger partial charge in [0.15, 0.2) is 0 Å². The quantitative estimate of drug-likeness (QED) is 0.735. The summed E-state index contributed by atoms with van der Waals surface area (Å²) >= 11 is 0. The second-order valence-electron chi connectivity index (χ2n) is 4.20. The first-order chi connectivity index (χ1) is 8.40. The zero-order valence-electron chi connectivity index (χ0n) is 9.86. The lowest BCUT2D eigenvalue weighted by molar-refractivity contribution is 0.607. The Morgan fingerprint density at radius 2 is 1.94 bits per heavy atom. The molecule has 17 heavy (non-hydrogen) atoms. The van der Waals surface area contributed by atoms with Gasteiger partial charge in [0, 0.05) is 22.9 Å². The van der Waals surface area contributed by atoms with E-state index in [2.05, 4.69) is 42.6 Å². The normalized spacial score (nSPS) is 11.4. The Morgan fingerprint density at radius 3 is 2.82 bits per heavy atom. The van der Waals surface area contributed by atoms with Crippen molar-refractivity contribution in [2.75, 3.05) is 6.54 Å². The van der Waals surface area contributed by atoms with E-state index in [0.29, 0.717) is 0 Å². The molecule has 0 bridgehead atoms. The minimum atomic E-state index is 0.863. The van der Waals surface area contributed by atoms with E-state index in [0.717, 1.165) is 18.7 Å². The highest BCUT2D eigenvalue weighted by Crippen LogP contribution is 2.28. The average Bonchev–Trinajstić information content (AvgIpc) is 2.80. The smallest absolute Gasteiger partial charge is 0.142 e. The van der Waals surface area contributed by atoms with Crippen molar-refractivity contribution in [1.29, 1.82) is 0 Å². The SMILES string of the molecule is CCNCc1coc2c1ccc1ccccc12. The first-order valence-electron chi connectivity index (χ1n) is 5.98. The largest absolute Gasteiger partial charge is 0.463 e. The van der Waals surface area contributed by atoms with Crippen molar-refractivity contribution in [2.45, 2.75) is 13.5 Å². The topological polar surface area (TPSA) is 25.2 Å². The predicted molar refractivity (Wildman–Crippen MR) is 71.1 cm³/mol. The standard InChI is InChI=1S/C15H15NO/c1-2-16-9-12-10-17-15-13-6-4-3-5-11(13)7-8-14(12)15/h3-8,10,16H,2,9H2,1H3. The van der Waals surface area contributed by atoms with Gasteiger partial charge in [-0.3, -0.25) is 0 Å². The van der Waals surface area contributed by atoms with Crippen molar-refractivity contribution in [3.8, 4) is 0 Å². The number of hydrogen-bond acceptors (Lipinski definition) is 2. The average molecular weight is 225 g/mol. The minimum Gasteiger partial charge on any atom is -0.463 e. The number of hydrogen-bond donors (Lipinski definition) is 1. The summed E-state index contributed by atoms with van der Waals surface area (Å²) < 4.78 is 5.72. The van der Waals surface area contributed by atoms with Crippen molar-refractivity contribution in [3.63, 3.8) is 0 Å². The van der Waals surface area contributed by atoms with Crippen LogP contribution in [0.3, 0.4) is 0 Å². The zero-order valence-corrected chi connectivity index (χ0v) is 9.86. The van der Waals surface area contributed by atoms with Gasteiger partial charge in [0.2, 0.25) is 0 Å². The summed E-state index contributed by atoms with van der Waals surface area (Å²) in [6.07, 6.45) is 1.86. The van der Waals surface area contributed by atoms with Crippen LogP contribution in [-0.2, 0) is 6.54 Å². The molecule has 0 radical (unpaired) electrons. The van der Waals surface area contributed by atoms with Crippen LogP contribution in [0.4, 0.5) is 0 Å². The zero-order chi connectivity index (χ0) is 11.7. The molecule has 2 heteroatoms. The highest BCUT2D eigenvalue weighted by atomic mass is 16.3. The third-order valence-corrected chi connectivity index (χ3v) is 3.11. The molecule has 3 rings (SSSR count). The van der Waals surface area contributed by atoms with Crippen LogP contribution >= 0.6 is 0 Å². The van der Waals surface area contributed by atoms with Gasteiger partial charge in [-0.2, -0.15) is 0 Å². The van der Waals surface area contributed by atoms with Gasteiger partial charge in [-0.15, -0.1) is 0 Å². The van der Waals surface area contributed by atoms with E-state index in [1.165, 1.54) is 21.7 Å². The molecule has 2 aromatic carbocycles. The summed E-state index contributed by atoms with van der Waals surface area (Å²) in [6, 6.07) is 12.6. The summed E-state index contributed by atoms with van der Waals surface area (Å²) in [5, 5.41) is 6.96. The van der Waals surface area contributed by atoms with E-state index >= 15 is 0 Å². The second-order valence-corrected chi connectivity index (χ2v) is 4.20. The number of benzene rings is 2. The predicted octanol–water partition coefficient (Wildman–Crippen LogP) is 3.70. The molecular weight excluding hydrogens is 210 g/mol. The first kappa shape index (κ1) is 10.4. The van der Waals surface area contributed by atoms with Gasteiger partial charge in [0.25, 0.3) is 0 Å². The van der Waals surface area contributed by atoms with Gasteiger partial charge in [0.05, 0.1) is 6.26 Å². The minimum absolute atomic E-state index is 0.863. The summed E-state index contributed by atoms with van der Waals surface area (Å²) in [5.41, 5.74) is 2.23. The molecule has 1 aromatic heterocycles. The van der Waals surface area contributed by atoms with Gasteiger partial charge in [-0.1, -0.05) is 43.3 Å². The molecule has 0 spiro atoms. The molecule has 1 heterocycles. The maximum absolute atomic E-state index is 5.72. The molecule has 0 aliphatic rings. The molecule has 0 aliphatic heterocycles. The molecule has 0 atom stereocenters. The number of nitrogens with one attached hydrogen (secondary N) is 1. The van der Waals surface area contributed by atoms with Crippen LogP contribution in [0, 0.1) is 0 Å². The number of furan rings is 1. The molecule has 0 fully saturated rings. The number of fused-ring (bicyclic) bond motifs is 3. The summed E-state index contributed by atoms with van der Waals surface area (Å²) in [5.74, 6) is 0. The molecule has 3 aromatic rings. The first-order valence-corrected chi connectivity index (χ1v) is 5.98. The summed E-state index contributed by atoms with van der Waals surface area (Å²) in [4.78, 5) is 0. The molecule has 0 unspecified atom stereocenters. The van der Waals surface area contributed by atoms with Gasteiger partial charge < -0.3 is 9.73 Å². The summed E-state index contributed by atoms with van der Waals surface area (Å²) in [7, 11) is 0. The van der Waals surface area contributed by atoms with Crippen LogP contribution in [0.1, 0.15) is 12.5 Å². The van der Waals surface area contributed by atoms with Crippen LogP contribution in [0.15, 0.2) is 47.1 Å². The molecular formula is C15H15NO.